The van der Waals surface area contributed by atoms with Crippen molar-refractivity contribution in [1.82, 2.24) is 10.6 Å². The lowest BCUT2D eigenvalue weighted by atomic mass is 10.2. The highest BCUT2D eigenvalue weighted by Gasteiger charge is 2.24. The summed E-state index contributed by atoms with van der Waals surface area (Å²) in [6.45, 7) is 0.973. The zero-order valence-corrected chi connectivity index (χ0v) is 11.4. The van der Waals surface area contributed by atoms with E-state index in [9.17, 15) is 4.79 Å². The molecule has 4 nitrogen and oxygen atoms in total. The first-order valence-electron chi connectivity index (χ1n) is 6.84. The van der Waals surface area contributed by atoms with Crippen molar-refractivity contribution >= 4 is 5.91 Å². The molecule has 0 spiro atoms. The molecule has 0 saturated heterocycles. The van der Waals surface area contributed by atoms with Gasteiger partial charge in [0, 0.05) is 19.7 Å². The van der Waals surface area contributed by atoms with E-state index >= 15 is 0 Å². The molecule has 1 fully saturated rings. The van der Waals surface area contributed by atoms with E-state index < -0.39 is 0 Å². The average molecular weight is 262 g/mol. The van der Waals surface area contributed by atoms with E-state index in [0.29, 0.717) is 25.2 Å². The van der Waals surface area contributed by atoms with Gasteiger partial charge in [-0.2, -0.15) is 0 Å². The van der Waals surface area contributed by atoms with Crippen LogP contribution < -0.4 is 10.6 Å². The molecule has 104 valence electrons. The van der Waals surface area contributed by atoms with Gasteiger partial charge >= 0.3 is 0 Å². The highest BCUT2D eigenvalue weighted by atomic mass is 16.5. The molecule has 2 N–H and O–H groups in total. The summed E-state index contributed by atoms with van der Waals surface area (Å²) in [7, 11) is 1.75. The summed E-state index contributed by atoms with van der Waals surface area (Å²) in [4.78, 5) is 11.7. The minimum Gasteiger partial charge on any atom is -0.381 e. The summed E-state index contributed by atoms with van der Waals surface area (Å²) in [6.07, 6.45) is 3.53. The van der Waals surface area contributed by atoms with Gasteiger partial charge in [0.15, 0.2) is 0 Å². The van der Waals surface area contributed by atoms with Crippen LogP contribution in [-0.4, -0.2) is 31.7 Å². The SMILES string of the molecule is COC1CCC(NCC(=O)NCc2ccccc2)C1. The van der Waals surface area contributed by atoms with E-state index in [0.717, 1.165) is 24.8 Å². The molecule has 1 amide bonds. The standard InChI is InChI=1S/C15H22N2O2/c1-19-14-8-7-13(9-14)16-11-15(18)17-10-12-5-3-2-4-6-12/h2-6,13-14,16H,7-11H2,1H3,(H,17,18). The van der Waals surface area contributed by atoms with Crippen LogP contribution in [0.25, 0.3) is 0 Å². The third-order valence-corrected chi connectivity index (χ3v) is 3.60. The van der Waals surface area contributed by atoms with Crippen molar-refractivity contribution in [3.05, 3.63) is 35.9 Å². The summed E-state index contributed by atoms with van der Waals surface area (Å²) in [5.74, 6) is 0.0460. The topological polar surface area (TPSA) is 50.4 Å². The van der Waals surface area contributed by atoms with Crippen molar-refractivity contribution in [3.63, 3.8) is 0 Å². The Labute approximate surface area is 114 Å². The molecule has 0 bridgehead atoms. The minimum atomic E-state index is 0.0460. The second-order valence-electron chi connectivity index (χ2n) is 5.01. The van der Waals surface area contributed by atoms with Gasteiger partial charge in [0.05, 0.1) is 12.6 Å². The van der Waals surface area contributed by atoms with E-state index in [-0.39, 0.29) is 5.91 Å². The molecular weight excluding hydrogens is 240 g/mol. The van der Waals surface area contributed by atoms with Gasteiger partial charge < -0.3 is 15.4 Å². The van der Waals surface area contributed by atoms with Crippen LogP contribution in [0.15, 0.2) is 30.3 Å². The highest BCUT2D eigenvalue weighted by molar-refractivity contribution is 5.78. The number of hydrogen-bond donors (Lipinski definition) is 2. The van der Waals surface area contributed by atoms with Crippen LogP contribution in [0.4, 0.5) is 0 Å². The minimum absolute atomic E-state index is 0.0460. The molecule has 1 aromatic carbocycles. The number of carbonyl (C=O) groups excluding carboxylic acids is 1. The van der Waals surface area contributed by atoms with Crippen LogP contribution >= 0.6 is 0 Å². The van der Waals surface area contributed by atoms with Gasteiger partial charge in [-0.3, -0.25) is 4.79 Å². The van der Waals surface area contributed by atoms with Crippen LogP contribution in [0.1, 0.15) is 24.8 Å². The Morgan fingerprint density at radius 3 is 2.79 bits per heavy atom. The predicted molar refractivity (Wildman–Crippen MR) is 74.7 cm³/mol. The van der Waals surface area contributed by atoms with Crippen molar-refractivity contribution < 1.29 is 9.53 Å². The Balaban J connectivity index is 1.63. The zero-order valence-electron chi connectivity index (χ0n) is 11.4. The van der Waals surface area contributed by atoms with E-state index in [1.165, 1.54) is 0 Å². The number of carbonyl (C=O) groups is 1. The molecule has 1 aliphatic rings. The molecule has 0 radical (unpaired) electrons. The molecule has 19 heavy (non-hydrogen) atoms. The van der Waals surface area contributed by atoms with Crippen LogP contribution in [0, 0.1) is 0 Å². The summed E-state index contributed by atoms with van der Waals surface area (Å²) >= 11 is 0. The van der Waals surface area contributed by atoms with Crippen LogP contribution in [0.3, 0.4) is 0 Å². The summed E-state index contributed by atoms with van der Waals surface area (Å²) < 4.78 is 5.31. The largest absolute Gasteiger partial charge is 0.381 e. The first-order valence-corrected chi connectivity index (χ1v) is 6.84. The van der Waals surface area contributed by atoms with Crippen molar-refractivity contribution in [2.75, 3.05) is 13.7 Å². The molecule has 2 rings (SSSR count). The number of methoxy groups -OCH3 is 1. The first kappa shape index (κ1) is 14.0. The molecule has 0 aliphatic heterocycles. The maximum absolute atomic E-state index is 11.7. The molecular formula is C15H22N2O2. The molecule has 1 aliphatic carbocycles. The molecule has 2 atom stereocenters. The van der Waals surface area contributed by atoms with Crippen LogP contribution in [0.2, 0.25) is 0 Å². The third-order valence-electron chi connectivity index (χ3n) is 3.60. The number of hydrogen-bond acceptors (Lipinski definition) is 3. The lowest BCUT2D eigenvalue weighted by molar-refractivity contribution is -0.120. The summed E-state index contributed by atoms with van der Waals surface area (Å²) in [5.41, 5.74) is 1.12. The normalized spacial score (nSPS) is 22.4. The molecule has 0 heterocycles. The quantitative estimate of drug-likeness (QED) is 0.816. The summed E-state index contributed by atoms with van der Waals surface area (Å²) in [6, 6.07) is 10.3. The lowest BCUT2D eigenvalue weighted by Crippen LogP contribution is -2.38. The Morgan fingerprint density at radius 1 is 1.32 bits per heavy atom. The van der Waals surface area contributed by atoms with E-state index in [4.69, 9.17) is 4.74 Å². The maximum Gasteiger partial charge on any atom is 0.234 e. The zero-order chi connectivity index (χ0) is 13.5. The van der Waals surface area contributed by atoms with E-state index in [1.807, 2.05) is 30.3 Å². The van der Waals surface area contributed by atoms with Gasteiger partial charge in [-0.15, -0.1) is 0 Å². The molecule has 1 aromatic rings. The Kier molecular flexibility index (Phi) is 5.36. The number of ether oxygens (including phenoxy) is 1. The van der Waals surface area contributed by atoms with E-state index in [2.05, 4.69) is 10.6 Å². The molecule has 0 aromatic heterocycles. The van der Waals surface area contributed by atoms with E-state index in [1.54, 1.807) is 7.11 Å². The van der Waals surface area contributed by atoms with Gasteiger partial charge in [-0.1, -0.05) is 30.3 Å². The second-order valence-corrected chi connectivity index (χ2v) is 5.01. The lowest BCUT2D eigenvalue weighted by Gasteiger charge is -2.12. The van der Waals surface area contributed by atoms with Crippen LogP contribution in [0.5, 0.6) is 0 Å². The first-order chi connectivity index (χ1) is 9.28. The van der Waals surface area contributed by atoms with Crippen molar-refractivity contribution in [2.45, 2.75) is 38.0 Å². The number of amides is 1. The fourth-order valence-corrected chi connectivity index (χ4v) is 2.44. The predicted octanol–water partition coefficient (Wildman–Crippen LogP) is 1.46. The maximum atomic E-state index is 11.7. The number of nitrogens with one attached hydrogen (secondary N) is 2. The summed E-state index contributed by atoms with van der Waals surface area (Å²) in [5, 5.41) is 6.21. The number of rotatable bonds is 6. The molecule has 4 heteroatoms. The van der Waals surface area contributed by atoms with Gasteiger partial charge in [0.25, 0.3) is 0 Å². The molecule has 2 unspecified atom stereocenters. The van der Waals surface area contributed by atoms with Gasteiger partial charge in [0.1, 0.15) is 0 Å². The van der Waals surface area contributed by atoms with Crippen molar-refractivity contribution in [1.29, 1.82) is 0 Å². The smallest absolute Gasteiger partial charge is 0.234 e. The Morgan fingerprint density at radius 2 is 2.11 bits per heavy atom. The monoisotopic (exact) mass is 262 g/mol. The van der Waals surface area contributed by atoms with Gasteiger partial charge in [-0.25, -0.2) is 0 Å². The fourth-order valence-electron chi connectivity index (χ4n) is 2.44. The van der Waals surface area contributed by atoms with Gasteiger partial charge in [0.2, 0.25) is 5.91 Å². The van der Waals surface area contributed by atoms with Gasteiger partial charge in [-0.05, 0) is 24.8 Å². The average Bonchev–Trinajstić information content (AvgIpc) is 2.92. The van der Waals surface area contributed by atoms with Crippen molar-refractivity contribution in [2.24, 2.45) is 0 Å². The Bertz CT molecular complexity index is 394. The molecule has 1 saturated carbocycles. The second kappa shape index (κ2) is 7.26. The Hall–Kier alpha value is -1.39. The highest BCUT2D eigenvalue weighted by Crippen LogP contribution is 2.20. The fraction of sp³-hybridized carbons (Fsp3) is 0.533. The third kappa shape index (κ3) is 4.65. The number of benzene rings is 1. The van der Waals surface area contributed by atoms with Crippen molar-refractivity contribution in [3.8, 4) is 0 Å². The van der Waals surface area contributed by atoms with Crippen LogP contribution in [-0.2, 0) is 16.1 Å².